The monoisotopic (exact) mass is 358 g/mol. The van der Waals surface area contributed by atoms with Gasteiger partial charge >= 0.3 is 0 Å². The van der Waals surface area contributed by atoms with E-state index < -0.39 is 11.6 Å². The molecule has 3 fully saturated rings. The molecular formula is C19H26N4O3. The van der Waals surface area contributed by atoms with E-state index in [1.165, 1.54) is 4.90 Å². The van der Waals surface area contributed by atoms with Gasteiger partial charge in [0.1, 0.15) is 5.54 Å². The summed E-state index contributed by atoms with van der Waals surface area (Å²) < 4.78 is 0. The quantitative estimate of drug-likeness (QED) is 0.760. The highest BCUT2D eigenvalue weighted by Crippen LogP contribution is 2.40. The second kappa shape index (κ2) is 6.72. The fraction of sp³-hybridized carbons (Fsp3) is 0.632. The van der Waals surface area contributed by atoms with Crippen molar-refractivity contribution in [2.24, 2.45) is 0 Å². The van der Waals surface area contributed by atoms with Gasteiger partial charge in [0, 0.05) is 38.9 Å². The largest absolute Gasteiger partial charge is 0.392 e. The van der Waals surface area contributed by atoms with Crippen LogP contribution in [0.3, 0.4) is 0 Å². The molecule has 2 amide bonds. The van der Waals surface area contributed by atoms with Crippen LogP contribution in [0.2, 0.25) is 0 Å². The van der Waals surface area contributed by atoms with Crippen molar-refractivity contribution >= 4 is 11.8 Å². The van der Waals surface area contributed by atoms with Gasteiger partial charge in [-0.05, 0) is 25.0 Å². The maximum atomic E-state index is 13.2. The number of aliphatic hydroxyl groups excluding tert-OH is 1. The third-order valence-electron chi connectivity index (χ3n) is 5.84. The summed E-state index contributed by atoms with van der Waals surface area (Å²) in [4.78, 5) is 36.0. The van der Waals surface area contributed by atoms with E-state index in [9.17, 15) is 14.7 Å². The van der Waals surface area contributed by atoms with E-state index >= 15 is 0 Å². The van der Waals surface area contributed by atoms with Crippen LogP contribution in [0.15, 0.2) is 24.4 Å². The minimum atomic E-state index is -0.668. The Balaban J connectivity index is 1.54. The van der Waals surface area contributed by atoms with Crippen LogP contribution in [0.5, 0.6) is 0 Å². The zero-order valence-corrected chi connectivity index (χ0v) is 15.2. The highest BCUT2D eigenvalue weighted by Gasteiger charge is 2.63. The second-order valence-electron chi connectivity index (χ2n) is 7.70. The number of nitrogens with zero attached hydrogens (tertiary/aromatic N) is 4. The molecule has 3 saturated heterocycles. The number of β-amino-alcohol motifs (C(OH)–C–C–N with tert-alkyl or cyclic N) is 1. The molecule has 7 nitrogen and oxygen atoms in total. The molecule has 0 aliphatic carbocycles. The number of carbonyl (C=O) groups is 2. The molecule has 0 saturated carbocycles. The van der Waals surface area contributed by atoms with Gasteiger partial charge in [-0.25, -0.2) is 0 Å². The number of piperazine rings is 1. The van der Waals surface area contributed by atoms with E-state index in [2.05, 4.69) is 16.8 Å². The lowest BCUT2D eigenvalue weighted by Gasteiger charge is -2.58. The summed E-state index contributed by atoms with van der Waals surface area (Å²) in [5.74, 6) is -0.215. The number of rotatable bonds is 5. The van der Waals surface area contributed by atoms with E-state index in [1.54, 1.807) is 6.20 Å². The van der Waals surface area contributed by atoms with Gasteiger partial charge < -0.3 is 5.11 Å². The van der Waals surface area contributed by atoms with E-state index in [4.69, 9.17) is 0 Å². The van der Waals surface area contributed by atoms with Crippen LogP contribution in [-0.4, -0.2) is 80.5 Å². The summed E-state index contributed by atoms with van der Waals surface area (Å²) in [6, 6.07) is 5.46. The maximum Gasteiger partial charge on any atom is 0.252 e. The van der Waals surface area contributed by atoms with Gasteiger partial charge in [0.05, 0.1) is 17.8 Å². The van der Waals surface area contributed by atoms with Crippen LogP contribution in [-0.2, 0) is 16.1 Å². The molecule has 4 heterocycles. The third-order valence-corrected chi connectivity index (χ3v) is 5.84. The molecule has 1 aromatic heterocycles. The van der Waals surface area contributed by atoms with E-state index in [0.717, 1.165) is 18.5 Å². The van der Waals surface area contributed by atoms with E-state index in [-0.39, 0.29) is 17.9 Å². The van der Waals surface area contributed by atoms with Crippen molar-refractivity contribution in [3.8, 4) is 0 Å². The van der Waals surface area contributed by atoms with Crippen molar-refractivity contribution in [2.75, 3.05) is 26.2 Å². The predicted molar refractivity (Wildman–Crippen MR) is 95.0 cm³/mol. The van der Waals surface area contributed by atoms with Crippen LogP contribution in [0.1, 0.15) is 31.9 Å². The fourth-order valence-corrected chi connectivity index (χ4v) is 4.55. The van der Waals surface area contributed by atoms with Crippen molar-refractivity contribution in [2.45, 2.75) is 50.4 Å². The van der Waals surface area contributed by atoms with Crippen molar-refractivity contribution < 1.29 is 14.7 Å². The number of carbonyl (C=O) groups excluding carboxylic acids is 2. The molecule has 0 radical (unpaired) electrons. The standard InChI is InChI=1S/C19H26N4O3/c1-2-3-8-22-17(25)16-9-15(24)11-23(16)19(18(22)26)12-21(13-19)10-14-6-4-5-7-20-14/h4-7,15-16,24H,2-3,8-13H2,1H3/t15-,16+/m1/s1. The van der Waals surface area contributed by atoms with Gasteiger partial charge in [-0.3, -0.25) is 29.3 Å². The first-order valence-electron chi connectivity index (χ1n) is 9.48. The number of amides is 2. The number of pyridine rings is 1. The summed E-state index contributed by atoms with van der Waals surface area (Å²) in [6.07, 6.45) is 3.42. The minimum absolute atomic E-state index is 0.0847. The lowest BCUT2D eigenvalue weighted by atomic mass is 9.82. The number of hydrogen-bond acceptors (Lipinski definition) is 6. The Morgan fingerprint density at radius 3 is 2.81 bits per heavy atom. The van der Waals surface area contributed by atoms with Crippen LogP contribution in [0.4, 0.5) is 0 Å². The van der Waals surface area contributed by atoms with Crippen molar-refractivity contribution in [1.29, 1.82) is 0 Å². The first kappa shape index (κ1) is 17.6. The zero-order chi connectivity index (χ0) is 18.3. The Morgan fingerprint density at radius 2 is 2.12 bits per heavy atom. The molecule has 3 aliphatic heterocycles. The number of fused-ring (bicyclic) bond motifs is 2. The molecular weight excluding hydrogens is 332 g/mol. The number of likely N-dealkylation sites (tertiary alicyclic amines) is 1. The predicted octanol–water partition coefficient (Wildman–Crippen LogP) is 0.240. The fourth-order valence-electron chi connectivity index (χ4n) is 4.55. The Morgan fingerprint density at radius 1 is 1.31 bits per heavy atom. The molecule has 3 aliphatic rings. The van der Waals surface area contributed by atoms with Gasteiger partial charge in [-0.2, -0.15) is 0 Å². The number of unbranched alkanes of at least 4 members (excludes halogenated alkanes) is 1. The number of aromatic nitrogens is 1. The minimum Gasteiger partial charge on any atom is -0.392 e. The molecule has 1 aromatic rings. The molecule has 26 heavy (non-hydrogen) atoms. The summed E-state index contributed by atoms with van der Waals surface area (Å²) in [5.41, 5.74) is 0.306. The van der Waals surface area contributed by atoms with Crippen LogP contribution >= 0.6 is 0 Å². The van der Waals surface area contributed by atoms with E-state index in [0.29, 0.717) is 39.1 Å². The lowest BCUT2D eigenvalue weighted by molar-refractivity contribution is -0.180. The van der Waals surface area contributed by atoms with Crippen LogP contribution in [0, 0.1) is 0 Å². The zero-order valence-electron chi connectivity index (χ0n) is 15.2. The number of imide groups is 1. The third kappa shape index (κ3) is 2.74. The van der Waals surface area contributed by atoms with Crippen molar-refractivity contribution in [1.82, 2.24) is 19.7 Å². The molecule has 0 unspecified atom stereocenters. The van der Waals surface area contributed by atoms with Gasteiger partial charge in [0.2, 0.25) is 5.91 Å². The summed E-state index contributed by atoms with van der Waals surface area (Å²) in [7, 11) is 0. The van der Waals surface area contributed by atoms with Crippen LogP contribution in [0.25, 0.3) is 0 Å². The highest BCUT2D eigenvalue weighted by molar-refractivity contribution is 6.06. The molecule has 7 heteroatoms. The highest BCUT2D eigenvalue weighted by atomic mass is 16.3. The van der Waals surface area contributed by atoms with Gasteiger partial charge in [0.25, 0.3) is 5.91 Å². The molecule has 0 aromatic carbocycles. The SMILES string of the molecule is CCCCN1C(=O)[C@@H]2C[C@@H](O)CN2C2(CN(Cc3ccccn3)C2)C1=O. The van der Waals surface area contributed by atoms with Crippen LogP contribution < -0.4 is 0 Å². The van der Waals surface area contributed by atoms with E-state index in [1.807, 2.05) is 23.1 Å². The second-order valence-corrected chi connectivity index (χ2v) is 7.70. The first-order chi connectivity index (χ1) is 12.5. The molecule has 1 spiro atoms. The number of hydrogen-bond donors (Lipinski definition) is 1. The first-order valence-corrected chi connectivity index (χ1v) is 9.48. The summed E-state index contributed by atoms with van der Waals surface area (Å²) >= 11 is 0. The smallest absolute Gasteiger partial charge is 0.252 e. The summed E-state index contributed by atoms with van der Waals surface area (Å²) in [5, 5.41) is 10.1. The molecule has 0 bridgehead atoms. The van der Waals surface area contributed by atoms with Gasteiger partial charge in [0.15, 0.2) is 0 Å². The Kier molecular flexibility index (Phi) is 4.54. The van der Waals surface area contributed by atoms with Crippen molar-refractivity contribution in [3.63, 3.8) is 0 Å². The molecule has 4 rings (SSSR count). The van der Waals surface area contributed by atoms with Gasteiger partial charge in [-0.1, -0.05) is 19.4 Å². The topological polar surface area (TPSA) is 77.0 Å². The Labute approximate surface area is 153 Å². The normalized spacial score (nSPS) is 28.5. The van der Waals surface area contributed by atoms with Crippen molar-refractivity contribution in [3.05, 3.63) is 30.1 Å². The average Bonchev–Trinajstić information content (AvgIpc) is 3.00. The maximum absolute atomic E-state index is 13.2. The molecule has 2 atom stereocenters. The number of aliphatic hydroxyl groups is 1. The average molecular weight is 358 g/mol. The summed E-state index contributed by atoms with van der Waals surface area (Å²) in [6.45, 7) is 4.80. The Hall–Kier alpha value is -1.83. The van der Waals surface area contributed by atoms with Gasteiger partial charge in [-0.15, -0.1) is 0 Å². The molecule has 140 valence electrons. The molecule has 1 N–H and O–H groups in total. The lowest BCUT2D eigenvalue weighted by Crippen LogP contribution is -2.81. The Bertz CT molecular complexity index is 689.